The third-order valence-electron chi connectivity index (χ3n) is 7.55. The number of aromatic nitrogens is 3. The predicted molar refractivity (Wildman–Crippen MR) is 155 cm³/mol. The van der Waals surface area contributed by atoms with Crippen LogP contribution in [-0.2, 0) is 16.4 Å². The van der Waals surface area contributed by atoms with Gasteiger partial charge < -0.3 is 15.3 Å². The molecule has 3 aromatic heterocycles. The molecule has 208 valence electrons. The molecule has 4 aromatic rings. The summed E-state index contributed by atoms with van der Waals surface area (Å²) in [6.07, 6.45) is 3.29. The van der Waals surface area contributed by atoms with Gasteiger partial charge in [-0.05, 0) is 79.8 Å². The molecule has 40 heavy (non-hydrogen) atoms. The van der Waals surface area contributed by atoms with Crippen molar-refractivity contribution in [1.29, 1.82) is 0 Å². The van der Waals surface area contributed by atoms with Gasteiger partial charge in [0.25, 0.3) is 5.91 Å². The lowest BCUT2D eigenvalue weighted by Crippen LogP contribution is -2.42. The molecule has 1 aliphatic rings. The number of anilines is 1. The maximum atomic E-state index is 13.0. The van der Waals surface area contributed by atoms with Gasteiger partial charge in [-0.2, -0.15) is 0 Å². The highest BCUT2D eigenvalue weighted by atomic mass is 32.2. The second-order valence-electron chi connectivity index (χ2n) is 10.6. The zero-order chi connectivity index (χ0) is 28.6. The summed E-state index contributed by atoms with van der Waals surface area (Å²) < 4.78 is 24.1. The first-order valence-electron chi connectivity index (χ1n) is 13.3. The minimum Gasteiger partial charge on any atom is -0.393 e. The number of fused-ring (bicyclic) bond motifs is 1. The number of nitrogens with zero attached hydrogens (tertiary/aromatic N) is 4. The Balaban J connectivity index is 1.35. The van der Waals surface area contributed by atoms with E-state index < -0.39 is 9.84 Å². The molecule has 1 unspecified atom stereocenters. The van der Waals surface area contributed by atoms with E-state index in [2.05, 4.69) is 22.1 Å². The van der Waals surface area contributed by atoms with Crippen molar-refractivity contribution < 1.29 is 18.3 Å². The van der Waals surface area contributed by atoms with Gasteiger partial charge in [0.1, 0.15) is 5.82 Å². The number of rotatable bonds is 6. The second kappa shape index (κ2) is 10.9. The lowest BCUT2D eigenvalue weighted by molar-refractivity contribution is 0.0948. The fourth-order valence-electron chi connectivity index (χ4n) is 4.92. The highest BCUT2D eigenvalue weighted by Crippen LogP contribution is 2.26. The van der Waals surface area contributed by atoms with Crippen molar-refractivity contribution in [2.45, 2.75) is 44.7 Å². The van der Waals surface area contributed by atoms with E-state index in [4.69, 9.17) is 9.97 Å². The van der Waals surface area contributed by atoms with Crippen LogP contribution in [0.25, 0.3) is 22.3 Å². The Kier molecular flexibility index (Phi) is 7.57. The second-order valence-corrected chi connectivity index (χ2v) is 12.6. The number of aliphatic hydroxyl groups excluding tert-OH is 1. The molecule has 1 saturated heterocycles. The Hall–Kier alpha value is -3.89. The fourth-order valence-corrected chi connectivity index (χ4v) is 5.65. The van der Waals surface area contributed by atoms with Crippen LogP contribution in [0.1, 0.15) is 40.5 Å². The molecule has 2 atom stereocenters. The number of aryl methyl sites for hydroxylation is 1. The number of amides is 1. The standard InChI is InChI=1S/C30H33N5O4S/c1-18-12-23(40(4,38)39)14-24(20(18)3)30(37)32-16-22-13-27-21(15-31-22)8-9-26(33-27)25-6-5-7-29(34-25)35-11-10-28(36)19(2)17-35/h5-9,12-15,19,28,36H,10-11,16-17H2,1-4H3,(H,32,37)/t19-,28?/m1/s1. The Morgan fingerprint density at radius 1 is 1.10 bits per heavy atom. The molecule has 1 aliphatic heterocycles. The van der Waals surface area contributed by atoms with Crippen LogP contribution < -0.4 is 10.2 Å². The number of benzene rings is 1. The number of carbonyl (C=O) groups excluding carboxylic acids is 1. The molecule has 9 nitrogen and oxygen atoms in total. The molecule has 0 radical (unpaired) electrons. The van der Waals surface area contributed by atoms with E-state index in [1.807, 2.05) is 36.4 Å². The van der Waals surface area contributed by atoms with Crippen LogP contribution in [-0.4, -0.2) is 59.8 Å². The summed E-state index contributed by atoms with van der Waals surface area (Å²) >= 11 is 0. The minimum absolute atomic E-state index is 0.117. The molecule has 1 aromatic carbocycles. The summed E-state index contributed by atoms with van der Waals surface area (Å²) in [5, 5.41) is 13.8. The fraction of sp³-hybridized carbons (Fsp3) is 0.333. The third-order valence-corrected chi connectivity index (χ3v) is 8.65. The van der Waals surface area contributed by atoms with Gasteiger partial charge in [-0.15, -0.1) is 0 Å². The third kappa shape index (κ3) is 5.83. The van der Waals surface area contributed by atoms with Gasteiger partial charge in [0, 0.05) is 36.5 Å². The normalized spacial score (nSPS) is 17.7. The molecule has 1 fully saturated rings. The number of hydrogen-bond acceptors (Lipinski definition) is 8. The van der Waals surface area contributed by atoms with Crippen LogP contribution in [0.3, 0.4) is 0 Å². The summed E-state index contributed by atoms with van der Waals surface area (Å²) in [5.74, 6) is 0.679. The predicted octanol–water partition coefficient (Wildman–Crippen LogP) is 3.85. The number of carbonyl (C=O) groups is 1. The largest absolute Gasteiger partial charge is 0.393 e. The van der Waals surface area contributed by atoms with Crippen LogP contribution >= 0.6 is 0 Å². The maximum Gasteiger partial charge on any atom is 0.251 e. The molecular weight excluding hydrogens is 526 g/mol. The van der Waals surface area contributed by atoms with Crippen LogP contribution in [0.5, 0.6) is 0 Å². The van der Waals surface area contributed by atoms with E-state index in [-0.39, 0.29) is 29.4 Å². The molecule has 10 heteroatoms. The van der Waals surface area contributed by atoms with Crippen LogP contribution in [0, 0.1) is 19.8 Å². The van der Waals surface area contributed by atoms with Gasteiger partial charge in [0.2, 0.25) is 0 Å². The molecular formula is C30H33N5O4S. The van der Waals surface area contributed by atoms with Crippen molar-refractivity contribution in [2.24, 2.45) is 5.92 Å². The molecule has 2 N–H and O–H groups in total. The van der Waals surface area contributed by atoms with Gasteiger partial charge in [-0.3, -0.25) is 9.78 Å². The van der Waals surface area contributed by atoms with Crippen LogP contribution in [0.4, 0.5) is 5.82 Å². The molecule has 1 amide bonds. The number of piperidine rings is 1. The van der Waals surface area contributed by atoms with E-state index in [0.29, 0.717) is 11.3 Å². The minimum atomic E-state index is -3.45. The number of aliphatic hydroxyl groups is 1. The number of pyridine rings is 3. The van der Waals surface area contributed by atoms with E-state index in [1.165, 1.54) is 6.07 Å². The summed E-state index contributed by atoms with van der Waals surface area (Å²) in [4.78, 5) is 29.5. The van der Waals surface area contributed by atoms with Crippen molar-refractivity contribution >= 4 is 32.5 Å². The van der Waals surface area contributed by atoms with E-state index >= 15 is 0 Å². The molecule has 0 bridgehead atoms. The molecule has 0 spiro atoms. The molecule has 0 saturated carbocycles. The van der Waals surface area contributed by atoms with Crippen molar-refractivity contribution in [2.75, 3.05) is 24.2 Å². The summed E-state index contributed by atoms with van der Waals surface area (Å²) in [6.45, 7) is 7.31. The highest BCUT2D eigenvalue weighted by molar-refractivity contribution is 7.90. The lowest BCUT2D eigenvalue weighted by Gasteiger charge is -2.35. The Bertz CT molecular complexity index is 1710. The zero-order valence-electron chi connectivity index (χ0n) is 23.0. The van der Waals surface area contributed by atoms with Gasteiger partial charge >= 0.3 is 0 Å². The summed E-state index contributed by atoms with van der Waals surface area (Å²) in [6, 6.07) is 14.6. The van der Waals surface area contributed by atoms with Crippen LogP contribution in [0.2, 0.25) is 0 Å². The highest BCUT2D eigenvalue weighted by Gasteiger charge is 2.25. The quantitative estimate of drug-likeness (QED) is 0.365. The molecule has 5 rings (SSSR count). The number of sulfone groups is 1. The lowest BCUT2D eigenvalue weighted by atomic mass is 9.97. The van der Waals surface area contributed by atoms with Crippen molar-refractivity contribution in [3.05, 3.63) is 77.1 Å². The Morgan fingerprint density at radius 2 is 1.88 bits per heavy atom. The topological polar surface area (TPSA) is 125 Å². The summed E-state index contributed by atoms with van der Waals surface area (Å²) in [5.41, 5.74) is 4.62. The van der Waals surface area contributed by atoms with Crippen molar-refractivity contribution in [3.63, 3.8) is 0 Å². The van der Waals surface area contributed by atoms with Gasteiger partial charge in [-0.25, -0.2) is 18.4 Å². The van der Waals surface area contributed by atoms with E-state index in [9.17, 15) is 18.3 Å². The van der Waals surface area contributed by atoms with Gasteiger partial charge in [0.15, 0.2) is 9.84 Å². The average molecular weight is 560 g/mol. The first kappa shape index (κ1) is 27.7. The van der Waals surface area contributed by atoms with Crippen molar-refractivity contribution in [1.82, 2.24) is 20.3 Å². The van der Waals surface area contributed by atoms with E-state index in [0.717, 1.165) is 65.0 Å². The maximum absolute atomic E-state index is 13.0. The molecule has 4 heterocycles. The van der Waals surface area contributed by atoms with Crippen molar-refractivity contribution in [3.8, 4) is 11.4 Å². The van der Waals surface area contributed by atoms with Gasteiger partial charge in [-0.1, -0.05) is 13.0 Å². The number of nitrogens with one attached hydrogen (secondary N) is 1. The first-order valence-corrected chi connectivity index (χ1v) is 15.1. The first-order chi connectivity index (χ1) is 19.0. The van der Waals surface area contributed by atoms with E-state index in [1.54, 1.807) is 26.1 Å². The Labute approximate surface area is 234 Å². The smallest absolute Gasteiger partial charge is 0.251 e. The summed E-state index contributed by atoms with van der Waals surface area (Å²) in [7, 11) is -3.45. The monoisotopic (exact) mass is 559 g/mol. The Morgan fingerprint density at radius 3 is 2.62 bits per heavy atom. The van der Waals surface area contributed by atoms with Gasteiger partial charge in [0.05, 0.1) is 40.1 Å². The average Bonchev–Trinajstić information content (AvgIpc) is 2.93. The molecule has 0 aliphatic carbocycles. The SMILES string of the molecule is Cc1cc(S(C)(=O)=O)cc(C(=O)NCc2cc3nc(-c4cccc(N5CCC(O)[C@H](C)C5)n4)ccc3cn2)c1C. The van der Waals surface area contributed by atoms with Crippen LogP contribution in [0.15, 0.2) is 59.6 Å². The number of hydrogen-bond donors (Lipinski definition) is 2. The zero-order valence-corrected chi connectivity index (χ0v) is 23.9.